The summed E-state index contributed by atoms with van der Waals surface area (Å²) in [6.45, 7) is 6.25. The third-order valence-electron chi connectivity index (χ3n) is 3.04. The van der Waals surface area contributed by atoms with Gasteiger partial charge in [0.1, 0.15) is 10.4 Å². The van der Waals surface area contributed by atoms with Crippen LogP contribution in [0.25, 0.3) is 11.3 Å². The van der Waals surface area contributed by atoms with E-state index in [-0.39, 0.29) is 5.41 Å². The molecule has 112 valence electrons. The minimum Gasteiger partial charge on any atom is -0.493 e. The molecule has 0 atom stereocenters. The van der Waals surface area contributed by atoms with E-state index in [1.165, 1.54) is 0 Å². The molecular formula is C16H19BrN2O2. The van der Waals surface area contributed by atoms with E-state index >= 15 is 0 Å². The highest BCUT2D eigenvalue weighted by Crippen LogP contribution is 2.38. The van der Waals surface area contributed by atoms with Crippen LogP contribution in [0.15, 0.2) is 28.9 Å². The number of hydrogen-bond acceptors (Lipinski definition) is 4. The average molecular weight is 351 g/mol. The predicted molar refractivity (Wildman–Crippen MR) is 87.0 cm³/mol. The zero-order valence-electron chi connectivity index (χ0n) is 12.9. The molecule has 1 aromatic heterocycles. The average Bonchev–Trinajstić information content (AvgIpc) is 2.44. The van der Waals surface area contributed by atoms with E-state index in [2.05, 4.69) is 46.7 Å². The third kappa shape index (κ3) is 3.35. The van der Waals surface area contributed by atoms with Crippen molar-refractivity contribution >= 4 is 15.9 Å². The molecular weight excluding hydrogens is 332 g/mol. The number of halogens is 1. The van der Waals surface area contributed by atoms with Gasteiger partial charge in [0.15, 0.2) is 11.5 Å². The maximum atomic E-state index is 5.49. The molecule has 0 fully saturated rings. The summed E-state index contributed by atoms with van der Waals surface area (Å²) in [6.07, 6.45) is 0. The molecule has 0 bridgehead atoms. The van der Waals surface area contributed by atoms with Gasteiger partial charge in [0.2, 0.25) is 0 Å². The number of rotatable bonds is 3. The predicted octanol–water partition coefficient (Wildman–Crippen LogP) is 4.22. The number of benzene rings is 1. The van der Waals surface area contributed by atoms with Crippen molar-refractivity contribution in [3.05, 3.63) is 34.7 Å². The SMILES string of the molecule is COc1cccc(-c2cc(Br)nc(C(C)(C)C)n2)c1OC. The van der Waals surface area contributed by atoms with Gasteiger partial charge in [-0.2, -0.15) is 0 Å². The van der Waals surface area contributed by atoms with Gasteiger partial charge in [-0.15, -0.1) is 0 Å². The van der Waals surface area contributed by atoms with Crippen LogP contribution >= 0.6 is 15.9 Å². The van der Waals surface area contributed by atoms with Gasteiger partial charge in [0, 0.05) is 11.0 Å². The second kappa shape index (κ2) is 6.02. The first kappa shape index (κ1) is 15.8. The summed E-state index contributed by atoms with van der Waals surface area (Å²) in [5.41, 5.74) is 1.55. The summed E-state index contributed by atoms with van der Waals surface area (Å²) in [4.78, 5) is 9.14. The van der Waals surface area contributed by atoms with Crippen LogP contribution < -0.4 is 9.47 Å². The lowest BCUT2D eigenvalue weighted by molar-refractivity contribution is 0.356. The zero-order chi connectivity index (χ0) is 15.6. The lowest BCUT2D eigenvalue weighted by atomic mass is 9.95. The highest BCUT2D eigenvalue weighted by molar-refractivity contribution is 9.10. The molecule has 0 saturated heterocycles. The number of methoxy groups -OCH3 is 2. The summed E-state index contributed by atoms with van der Waals surface area (Å²) in [5, 5.41) is 0. The van der Waals surface area contributed by atoms with E-state index in [4.69, 9.17) is 9.47 Å². The molecule has 0 radical (unpaired) electrons. The maximum Gasteiger partial charge on any atom is 0.170 e. The van der Waals surface area contributed by atoms with Crippen molar-refractivity contribution in [1.82, 2.24) is 9.97 Å². The van der Waals surface area contributed by atoms with E-state index in [1.807, 2.05) is 24.3 Å². The van der Waals surface area contributed by atoms with Gasteiger partial charge < -0.3 is 9.47 Å². The zero-order valence-corrected chi connectivity index (χ0v) is 14.5. The topological polar surface area (TPSA) is 44.2 Å². The van der Waals surface area contributed by atoms with Crippen LogP contribution in [0.5, 0.6) is 11.5 Å². The fraction of sp³-hybridized carbons (Fsp3) is 0.375. The second-order valence-corrected chi connectivity index (χ2v) is 6.50. The Morgan fingerprint density at radius 2 is 1.76 bits per heavy atom. The fourth-order valence-electron chi connectivity index (χ4n) is 1.98. The summed E-state index contributed by atoms with van der Waals surface area (Å²) < 4.78 is 11.6. The Hall–Kier alpha value is -1.62. The van der Waals surface area contributed by atoms with Crippen molar-refractivity contribution in [2.24, 2.45) is 0 Å². The van der Waals surface area contributed by atoms with Gasteiger partial charge in [-0.25, -0.2) is 9.97 Å². The Morgan fingerprint density at radius 3 is 2.33 bits per heavy atom. The van der Waals surface area contributed by atoms with Gasteiger partial charge in [0.05, 0.1) is 19.9 Å². The standard InChI is InChI=1S/C16H19BrN2O2/c1-16(2,3)15-18-11(9-13(17)19-15)10-7-6-8-12(20-4)14(10)21-5/h6-9H,1-5H3. The van der Waals surface area contributed by atoms with Crippen LogP contribution in [0.4, 0.5) is 0 Å². The van der Waals surface area contributed by atoms with Gasteiger partial charge >= 0.3 is 0 Å². The molecule has 0 aliphatic heterocycles. The number of ether oxygens (including phenoxy) is 2. The molecule has 4 nitrogen and oxygen atoms in total. The first-order valence-corrected chi connectivity index (χ1v) is 7.42. The first-order valence-electron chi connectivity index (χ1n) is 6.63. The van der Waals surface area contributed by atoms with Gasteiger partial charge in [-0.3, -0.25) is 0 Å². The molecule has 0 unspecified atom stereocenters. The third-order valence-corrected chi connectivity index (χ3v) is 3.45. The van der Waals surface area contributed by atoms with Crippen LogP contribution in [0.2, 0.25) is 0 Å². The largest absolute Gasteiger partial charge is 0.493 e. The molecule has 0 spiro atoms. The highest BCUT2D eigenvalue weighted by Gasteiger charge is 2.21. The summed E-state index contributed by atoms with van der Waals surface area (Å²) >= 11 is 3.46. The van der Waals surface area contributed by atoms with Crippen LogP contribution in [-0.4, -0.2) is 24.2 Å². The van der Waals surface area contributed by atoms with Gasteiger partial charge in [-0.1, -0.05) is 26.8 Å². The van der Waals surface area contributed by atoms with Crippen molar-refractivity contribution in [1.29, 1.82) is 0 Å². The first-order chi connectivity index (χ1) is 9.86. The summed E-state index contributed by atoms with van der Waals surface area (Å²) in [7, 11) is 3.25. The van der Waals surface area contributed by atoms with E-state index in [1.54, 1.807) is 14.2 Å². The number of hydrogen-bond donors (Lipinski definition) is 0. The van der Waals surface area contributed by atoms with Crippen molar-refractivity contribution in [2.45, 2.75) is 26.2 Å². The van der Waals surface area contributed by atoms with E-state index < -0.39 is 0 Å². The summed E-state index contributed by atoms with van der Waals surface area (Å²) in [6, 6.07) is 7.63. The van der Waals surface area contributed by atoms with Gasteiger partial charge in [0.25, 0.3) is 0 Å². The quantitative estimate of drug-likeness (QED) is 0.777. The van der Waals surface area contributed by atoms with Gasteiger partial charge in [-0.05, 0) is 34.1 Å². The Balaban J connectivity index is 2.65. The van der Waals surface area contributed by atoms with E-state index in [9.17, 15) is 0 Å². The number of aromatic nitrogens is 2. The van der Waals surface area contributed by atoms with Crippen LogP contribution in [-0.2, 0) is 5.41 Å². The molecule has 21 heavy (non-hydrogen) atoms. The minimum absolute atomic E-state index is 0.134. The van der Waals surface area contributed by atoms with E-state index in [0.29, 0.717) is 11.5 Å². The Kier molecular flexibility index (Phi) is 4.52. The molecule has 2 rings (SSSR count). The second-order valence-electron chi connectivity index (χ2n) is 5.69. The lowest BCUT2D eigenvalue weighted by Gasteiger charge is -2.18. The number of nitrogens with zero attached hydrogens (tertiary/aromatic N) is 2. The molecule has 0 saturated carbocycles. The van der Waals surface area contributed by atoms with Crippen LogP contribution in [0, 0.1) is 0 Å². The minimum atomic E-state index is -0.134. The summed E-state index contributed by atoms with van der Waals surface area (Å²) in [5.74, 6) is 2.13. The molecule has 0 amide bonds. The molecule has 0 N–H and O–H groups in total. The lowest BCUT2D eigenvalue weighted by Crippen LogP contribution is -2.16. The highest BCUT2D eigenvalue weighted by atomic mass is 79.9. The fourth-order valence-corrected chi connectivity index (χ4v) is 2.36. The van der Waals surface area contributed by atoms with Crippen molar-refractivity contribution in [3.63, 3.8) is 0 Å². The Labute approximate surface area is 133 Å². The Bertz CT molecular complexity index is 651. The normalized spacial score (nSPS) is 11.3. The van der Waals surface area contributed by atoms with Crippen LogP contribution in [0.3, 0.4) is 0 Å². The smallest absolute Gasteiger partial charge is 0.170 e. The maximum absolute atomic E-state index is 5.49. The van der Waals surface area contributed by atoms with Crippen LogP contribution in [0.1, 0.15) is 26.6 Å². The molecule has 2 aromatic rings. The van der Waals surface area contributed by atoms with E-state index in [0.717, 1.165) is 21.7 Å². The molecule has 0 aliphatic carbocycles. The van der Waals surface area contributed by atoms with Crippen molar-refractivity contribution in [3.8, 4) is 22.8 Å². The van der Waals surface area contributed by atoms with Crippen molar-refractivity contribution in [2.75, 3.05) is 14.2 Å². The number of para-hydroxylation sites is 1. The monoisotopic (exact) mass is 350 g/mol. The molecule has 1 heterocycles. The molecule has 1 aromatic carbocycles. The molecule has 5 heteroatoms. The molecule has 0 aliphatic rings. The Morgan fingerprint density at radius 1 is 1.05 bits per heavy atom. The van der Waals surface area contributed by atoms with Crippen molar-refractivity contribution < 1.29 is 9.47 Å².